The summed E-state index contributed by atoms with van der Waals surface area (Å²) in [5.41, 5.74) is 2.64. The molecule has 0 saturated carbocycles. The lowest BCUT2D eigenvalue weighted by Crippen LogP contribution is -1.94. The molecule has 6 heteroatoms. The van der Waals surface area contributed by atoms with Gasteiger partial charge in [-0.25, -0.2) is 0 Å². The van der Waals surface area contributed by atoms with Gasteiger partial charge in [-0.3, -0.25) is 20.2 Å². The molecular weight excluding hydrogens is 248 g/mol. The summed E-state index contributed by atoms with van der Waals surface area (Å²) < 4.78 is 0. The second-order valence-electron chi connectivity index (χ2n) is 4.15. The Labute approximate surface area is 112 Å². The standard InChI is InChI=1S/2C6H7NO2.CH4/c2*1-5-2-3-6(4-5)7(8)9;/h2,4H,3H2,1H3;2-3H,4H2,1H3;1H4. The van der Waals surface area contributed by atoms with E-state index in [2.05, 4.69) is 0 Å². The minimum atomic E-state index is -0.340. The number of nitrogens with zero attached hydrogens (tertiary/aromatic N) is 2. The normalized spacial score (nSPS) is 16.1. The van der Waals surface area contributed by atoms with E-state index in [1.54, 1.807) is 18.2 Å². The van der Waals surface area contributed by atoms with Gasteiger partial charge in [-0.2, -0.15) is 0 Å². The zero-order chi connectivity index (χ0) is 13.7. The first kappa shape index (κ1) is 16.8. The monoisotopic (exact) mass is 266 g/mol. The fraction of sp³-hybridized carbons (Fsp3) is 0.385. The van der Waals surface area contributed by atoms with Crippen LogP contribution in [-0.4, -0.2) is 9.85 Å². The van der Waals surface area contributed by atoms with Gasteiger partial charge in [0.05, 0.1) is 22.7 Å². The van der Waals surface area contributed by atoms with E-state index in [-0.39, 0.29) is 17.3 Å². The highest BCUT2D eigenvalue weighted by Crippen LogP contribution is 2.17. The van der Waals surface area contributed by atoms with Crippen LogP contribution in [0.2, 0.25) is 0 Å². The highest BCUT2D eigenvalue weighted by atomic mass is 16.6. The molecule has 0 amide bonds. The van der Waals surface area contributed by atoms with Crippen molar-refractivity contribution in [3.63, 3.8) is 0 Å². The van der Waals surface area contributed by atoms with Crippen LogP contribution in [0.3, 0.4) is 0 Å². The highest BCUT2D eigenvalue weighted by Gasteiger charge is 2.14. The molecule has 0 heterocycles. The Morgan fingerprint density at radius 1 is 1.05 bits per heavy atom. The summed E-state index contributed by atoms with van der Waals surface area (Å²) in [6, 6.07) is 0. The number of allylic oxidation sites excluding steroid dienone is 6. The summed E-state index contributed by atoms with van der Waals surface area (Å²) in [4.78, 5) is 19.4. The molecule has 0 bridgehead atoms. The molecule has 0 atom stereocenters. The number of hydrogen-bond acceptors (Lipinski definition) is 4. The summed E-state index contributed by atoms with van der Waals surface area (Å²) in [6.45, 7) is 3.74. The second-order valence-corrected chi connectivity index (χ2v) is 4.15. The molecule has 2 rings (SSSR count). The van der Waals surface area contributed by atoms with Gasteiger partial charge in [0.2, 0.25) is 11.4 Å². The Balaban J connectivity index is 0.000000324. The van der Waals surface area contributed by atoms with Crippen molar-refractivity contribution in [2.24, 2.45) is 0 Å². The maximum atomic E-state index is 10.1. The van der Waals surface area contributed by atoms with Crippen molar-refractivity contribution in [1.82, 2.24) is 0 Å². The van der Waals surface area contributed by atoms with Crippen LogP contribution in [0.25, 0.3) is 0 Å². The Bertz CT molecular complexity index is 499. The minimum absolute atomic E-state index is 0. The van der Waals surface area contributed by atoms with Gasteiger partial charge in [-0.1, -0.05) is 25.2 Å². The fourth-order valence-electron chi connectivity index (χ4n) is 1.54. The lowest BCUT2D eigenvalue weighted by atomic mass is 10.2. The third kappa shape index (κ3) is 5.29. The minimum Gasteiger partial charge on any atom is -0.259 e. The van der Waals surface area contributed by atoms with Crippen LogP contribution in [0.15, 0.2) is 46.8 Å². The first-order chi connectivity index (χ1) is 8.40. The average Bonchev–Trinajstić information content (AvgIpc) is 2.88. The van der Waals surface area contributed by atoms with Crippen LogP contribution < -0.4 is 0 Å². The van der Waals surface area contributed by atoms with Gasteiger partial charge >= 0.3 is 0 Å². The Morgan fingerprint density at radius 2 is 1.63 bits per heavy atom. The predicted molar refractivity (Wildman–Crippen MR) is 73.6 cm³/mol. The van der Waals surface area contributed by atoms with E-state index in [0.29, 0.717) is 24.2 Å². The Morgan fingerprint density at radius 3 is 1.84 bits per heavy atom. The van der Waals surface area contributed by atoms with Crippen molar-refractivity contribution >= 4 is 0 Å². The van der Waals surface area contributed by atoms with Gasteiger partial charge in [0.15, 0.2) is 0 Å². The van der Waals surface area contributed by atoms with Crippen molar-refractivity contribution in [3.8, 4) is 0 Å². The second kappa shape index (κ2) is 7.25. The van der Waals surface area contributed by atoms with E-state index in [1.165, 1.54) is 0 Å². The van der Waals surface area contributed by atoms with Crippen molar-refractivity contribution in [3.05, 3.63) is 67.1 Å². The molecule has 0 aliphatic heterocycles. The molecule has 0 spiro atoms. The summed E-state index contributed by atoms with van der Waals surface area (Å²) in [5, 5.41) is 20.1. The van der Waals surface area contributed by atoms with Gasteiger partial charge < -0.3 is 0 Å². The predicted octanol–water partition coefficient (Wildman–Crippen LogP) is 3.63. The summed E-state index contributed by atoms with van der Waals surface area (Å²) in [5.74, 6) is 0. The number of nitro groups is 2. The zero-order valence-electron chi connectivity index (χ0n) is 10.3. The molecule has 0 fully saturated rings. The zero-order valence-corrected chi connectivity index (χ0v) is 10.3. The molecule has 2 aliphatic carbocycles. The molecule has 0 unspecified atom stereocenters. The van der Waals surface area contributed by atoms with Crippen LogP contribution in [0, 0.1) is 20.2 Å². The van der Waals surface area contributed by atoms with Gasteiger partial charge in [0.1, 0.15) is 0 Å². The summed E-state index contributed by atoms with van der Waals surface area (Å²) in [7, 11) is 0. The van der Waals surface area contributed by atoms with Crippen LogP contribution in [-0.2, 0) is 0 Å². The SMILES string of the molecule is C.CC1=CC=C([N+](=O)[O-])C1.CC1=CCC([N+](=O)[O-])=C1. The largest absolute Gasteiger partial charge is 0.259 e. The van der Waals surface area contributed by atoms with Crippen LogP contribution >= 0.6 is 0 Å². The summed E-state index contributed by atoms with van der Waals surface area (Å²) in [6.07, 6.45) is 7.76. The molecule has 0 aromatic rings. The first-order valence-electron chi connectivity index (χ1n) is 5.42. The van der Waals surface area contributed by atoms with E-state index in [9.17, 15) is 20.2 Å². The van der Waals surface area contributed by atoms with E-state index in [1.807, 2.05) is 19.9 Å². The smallest absolute Gasteiger partial charge is 0.250 e. The van der Waals surface area contributed by atoms with E-state index in [4.69, 9.17) is 0 Å². The maximum Gasteiger partial charge on any atom is 0.250 e. The van der Waals surface area contributed by atoms with Crippen molar-refractivity contribution in [2.45, 2.75) is 34.1 Å². The molecule has 104 valence electrons. The van der Waals surface area contributed by atoms with Crippen LogP contribution in [0.5, 0.6) is 0 Å². The fourth-order valence-corrected chi connectivity index (χ4v) is 1.54. The third-order valence-corrected chi connectivity index (χ3v) is 2.52. The van der Waals surface area contributed by atoms with E-state index >= 15 is 0 Å². The molecule has 2 aliphatic rings. The van der Waals surface area contributed by atoms with Crippen molar-refractivity contribution in [2.75, 3.05) is 0 Å². The number of rotatable bonds is 2. The maximum absolute atomic E-state index is 10.1. The molecule has 0 saturated heterocycles. The molecule has 0 aromatic heterocycles. The molecule has 19 heavy (non-hydrogen) atoms. The van der Waals surface area contributed by atoms with E-state index in [0.717, 1.165) is 11.1 Å². The summed E-state index contributed by atoms with van der Waals surface area (Å²) >= 11 is 0. The Hall–Kier alpha value is -2.24. The van der Waals surface area contributed by atoms with Crippen LogP contribution in [0.1, 0.15) is 34.1 Å². The Kier molecular flexibility index (Phi) is 6.40. The third-order valence-electron chi connectivity index (χ3n) is 2.52. The first-order valence-corrected chi connectivity index (χ1v) is 5.42. The van der Waals surface area contributed by atoms with Gasteiger partial charge in [0, 0.05) is 12.2 Å². The van der Waals surface area contributed by atoms with E-state index < -0.39 is 0 Å². The quantitative estimate of drug-likeness (QED) is 0.564. The molecule has 0 N–H and O–H groups in total. The molecule has 0 aromatic carbocycles. The topological polar surface area (TPSA) is 86.3 Å². The number of hydrogen-bond donors (Lipinski definition) is 0. The molecule has 0 radical (unpaired) electrons. The van der Waals surface area contributed by atoms with Gasteiger partial charge in [0.25, 0.3) is 0 Å². The lowest BCUT2D eigenvalue weighted by molar-refractivity contribution is -0.426. The average molecular weight is 266 g/mol. The van der Waals surface area contributed by atoms with Crippen molar-refractivity contribution in [1.29, 1.82) is 0 Å². The van der Waals surface area contributed by atoms with Gasteiger partial charge in [-0.05, 0) is 19.4 Å². The molecule has 6 nitrogen and oxygen atoms in total. The van der Waals surface area contributed by atoms with Gasteiger partial charge in [-0.15, -0.1) is 0 Å². The highest BCUT2D eigenvalue weighted by molar-refractivity contribution is 5.27. The molecular formula is C13H18N2O4. The lowest BCUT2D eigenvalue weighted by Gasteiger charge is -1.88. The van der Waals surface area contributed by atoms with Crippen molar-refractivity contribution < 1.29 is 9.85 Å². The van der Waals surface area contributed by atoms with Crippen LogP contribution in [0.4, 0.5) is 0 Å².